The van der Waals surface area contributed by atoms with Crippen LogP contribution in [0, 0.1) is 17.6 Å². The fraction of sp³-hybridized carbons (Fsp3) is 0.432. The zero-order valence-corrected chi connectivity index (χ0v) is 29.9. The highest BCUT2D eigenvalue weighted by Crippen LogP contribution is 2.32. The molecule has 12 nitrogen and oxygen atoms in total. The summed E-state index contributed by atoms with van der Waals surface area (Å²) in [4.78, 5) is 38.9. The maximum Gasteiger partial charge on any atom is 0.317 e. The monoisotopic (exact) mass is 753 g/mol. The summed E-state index contributed by atoms with van der Waals surface area (Å²) in [6.07, 6.45) is 4.74. The lowest BCUT2D eigenvalue weighted by atomic mass is 9.95. The number of aromatic nitrogens is 2. The van der Waals surface area contributed by atoms with Crippen LogP contribution in [0.25, 0.3) is 22.2 Å². The summed E-state index contributed by atoms with van der Waals surface area (Å²) in [5.41, 5.74) is 1.36. The number of fused-ring (bicyclic) bond motifs is 1. The van der Waals surface area contributed by atoms with E-state index in [-0.39, 0.29) is 31.6 Å². The molecule has 2 aromatic carbocycles. The van der Waals surface area contributed by atoms with Crippen molar-refractivity contribution in [2.24, 2.45) is 5.92 Å². The number of aromatic amines is 1. The molecule has 2 aromatic heterocycles. The highest BCUT2D eigenvalue weighted by atomic mass is 32.2. The predicted molar refractivity (Wildman–Crippen MR) is 195 cm³/mol. The van der Waals surface area contributed by atoms with Gasteiger partial charge in [-0.2, -0.15) is 12.7 Å². The Morgan fingerprint density at radius 3 is 2.38 bits per heavy atom. The SMILES string of the molecule is O=C(O)CN1CCCN(CC2CCN(c3ccc(-c4cnc5[nH]cc(C(=O)c6c(F)ccc(NS(=O)(=O)N7CC[C@@H](F)C7)c6F)c5c4)cc3)CC2)CC1. The molecule has 3 aliphatic rings. The molecule has 4 aromatic rings. The first-order valence-corrected chi connectivity index (χ1v) is 19.3. The van der Waals surface area contributed by atoms with Crippen LogP contribution in [0.15, 0.2) is 54.9 Å². The Kier molecular flexibility index (Phi) is 10.7. The number of alkyl halides is 1. The number of hydrogen-bond donors (Lipinski definition) is 3. The summed E-state index contributed by atoms with van der Waals surface area (Å²) in [7, 11) is -4.34. The molecule has 16 heteroatoms. The number of anilines is 2. The van der Waals surface area contributed by atoms with E-state index < -0.39 is 51.0 Å². The van der Waals surface area contributed by atoms with Crippen LogP contribution in [-0.4, -0.2) is 121 Å². The molecule has 0 unspecified atom stereocenters. The molecule has 53 heavy (non-hydrogen) atoms. The van der Waals surface area contributed by atoms with E-state index in [4.69, 9.17) is 5.11 Å². The summed E-state index contributed by atoms with van der Waals surface area (Å²) >= 11 is 0. The van der Waals surface area contributed by atoms with Crippen LogP contribution in [0.1, 0.15) is 41.6 Å². The van der Waals surface area contributed by atoms with Crippen molar-refractivity contribution >= 4 is 44.4 Å². The summed E-state index contributed by atoms with van der Waals surface area (Å²) in [6.45, 7) is 5.99. The second kappa shape index (κ2) is 15.5. The average molecular weight is 754 g/mol. The summed E-state index contributed by atoms with van der Waals surface area (Å²) in [6, 6.07) is 11.5. The van der Waals surface area contributed by atoms with Crippen molar-refractivity contribution in [2.45, 2.75) is 31.9 Å². The molecular formula is C37H42F3N7O5S. The summed E-state index contributed by atoms with van der Waals surface area (Å²) in [5, 5.41) is 9.47. The van der Waals surface area contributed by atoms with Gasteiger partial charge in [0.1, 0.15) is 17.6 Å². The number of H-pyrrole nitrogens is 1. The third-order valence-corrected chi connectivity index (χ3v) is 12.0. The first kappa shape index (κ1) is 36.8. The van der Waals surface area contributed by atoms with Crippen LogP contribution in [0.5, 0.6) is 0 Å². The van der Waals surface area contributed by atoms with E-state index in [1.807, 2.05) is 33.9 Å². The lowest BCUT2D eigenvalue weighted by molar-refractivity contribution is -0.138. The summed E-state index contributed by atoms with van der Waals surface area (Å²) < 4.78 is 72.7. The van der Waals surface area contributed by atoms with Gasteiger partial charge in [-0.1, -0.05) is 12.1 Å². The van der Waals surface area contributed by atoms with Gasteiger partial charge in [-0.25, -0.2) is 18.2 Å². The lowest BCUT2D eigenvalue weighted by Crippen LogP contribution is -2.40. The van der Waals surface area contributed by atoms with Crippen molar-refractivity contribution in [3.05, 3.63) is 77.6 Å². The number of ketones is 1. The molecule has 0 aliphatic carbocycles. The van der Waals surface area contributed by atoms with E-state index in [9.17, 15) is 22.4 Å². The zero-order chi connectivity index (χ0) is 37.3. The average Bonchev–Trinajstić information content (AvgIpc) is 3.72. The Balaban J connectivity index is 1.01. The number of carbonyl (C=O) groups is 2. The van der Waals surface area contributed by atoms with Crippen LogP contribution < -0.4 is 9.62 Å². The van der Waals surface area contributed by atoms with E-state index in [0.717, 1.165) is 92.8 Å². The first-order chi connectivity index (χ1) is 25.4. The largest absolute Gasteiger partial charge is 0.480 e. The minimum Gasteiger partial charge on any atom is -0.480 e. The Labute approximate surface area is 305 Å². The number of aliphatic carboxylic acids is 1. The third-order valence-electron chi connectivity index (χ3n) is 10.5. The normalized spacial score (nSPS) is 19.8. The predicted octanol–water partition coefficient (Wildman–Crippen LogP) is 4.75. The van der Waals surface area contributed by atoms with Crippen molar-refractivity contribution in [1.29, 1.82) is 0 Å². The third kappa shape index (κ3) is 8.20. The van der Waals surface area contributed by atoms with E-state index in [2.05, 4.69) is 19.8 Å². The minimum atomic E-state index is -4.34. The van der Waals surface area contributed by atoms with E-state index in [0.29, 0.717) is 22.5 Å². The van der Waals surface area contributed by atoms with Gasteiger partial charge in [0.25, 0.3) is 0 Å². The van der Waals surface area contributed by atoms with Crippen LogP contribution in [0.3, 0.4) is 0 Å². The topological polar surface area (TPSA) is 142 Å². The van der Waals surface area contributed by atoms with Gasteiger partial charge in [0.15, 0.2) is 5.82 Å². The van der Waals surface area contributed by atoms with Gasteiger partial charge < -0.3 is 19.9 Å². The molecule has 5 heterocycles. The molecule has 0 amide bonds. The first-order valence-electron chi connectivity index (χ1n) is 17.9. The molecule has 0 spiro atoms. The highest BCUT2D eigenvalue weighted by Gasteiger charge is 2.33. The molecule has 0 radical (unpaired) electrons. The molecule has 7 rings (SSSR count). The number of pyridine rings is 1. The zero-order valence-electron chi connectivity index (χ0n) is 29.1. The van der Waals surface area contributed by atoms with E-state index in [1.54, 1.807) is 12.3 Å². The van der Waals surface area contributed by atoms with Crippen LogP contribution in [-0.2, 0) is 15.0 Å². The highest BCUT2D eigenvalue weighted by molar-refractivity contribution is 7.90. The number of nitrogens with one attached hydrogen (secondary N) is 2. The Bertz CT molecular complexity index is 2090. The van der Waals surface area contributed by atoms with Gasteiger partial charge in [-0.05, 0) is 74.0 Å². The lowest BCUT2D eigenvalue weighted by Gasteiger charge is -2.36. The Morgan fingerprint density at radius 1 is 0.925 bits per heavy atom. The van der Waals surface area contributed by atoms with Gasteiger partial charge in [0.05, 0.1) is 17.8 Å². The minimum absolute atomic E-state index is 0.0101. The van der Waals surface area contributed by atoms with Gasteiger partial charge in [0.2, 0.25) is 5.78 Å². The van der Waals surface area contributed by atoms with Gasteiger partial charge in [-0.15, -0.1) is 0 Å². The van der Waals surface area contributed by atoms with Crippen molar-refractivity contribution in [2.75, 3.05) is 75.1 Å². The smallest absolute Gasteiger partial charge is 0.317 e. The molecule has 0 bridgehead atoms. The molecule has 282 valence electrons. The summed E-state index contributed by atoms with van der Waals surface area (Å²) in [5.74, 6) is -3.73. The van der Waals surface area contributed by atoms with Crippen LogP contribution >= 0.6 is 0 Å². The van der Waals surface area contributed by atoms with Crippen molar-refractivity contribution < 1.29 is 36.3 Å². The van der Waals surface area contributed by atoms with Crippen LogP contribution in [0.4, 0.5) is 24.5 Å². The number of carboxylic acid groups (broad SMARTS) is 1. The molecule has 3 fully saturated rings. The number of piperidine rings is 1. The maximum atomic E-state index is 15.7. The van der Waals surface area contributed by atoms with E-state index >= 15 is 8.78 Å². The number of rotatable bonds is 11. The fourth-order valence-corrected chi connectivity index (χ4v) is 8.86. The molecular weight excluding hydrogens is 712 g/mol. The van der Waals surface area contributed by atoms with Gasteiger partial charge in [0, 0.05) is 87.0 Å². The van der Waals surface area contributed by atoms with Gasteiger partial charge >= 0.3 is 16.2 Å². The molecule has 0 saturated carbocycles. The molecule has 3 saturated heterocycles. The number of benzene rings is 2. The second-order valence-electron chi connectivity index (χ2n) is 14.1. The second-order valence-corrected chi connectivity index (χ2v) is 15.8. The molecule has 3 aliphatic heterocycles. The standard InChI is InChI=1S/C37H42F3N7O5S/c38-27-10-15-47(22-27)53(51,52)43-32-7-6-31(39)34(35(32)40)36(50)30-20-42-37-29(30)18-26(19-41-37)25-2-4-28(5-3-25)46-13-8-24(9-14-46)21-44-11-1-12-45(17-16-44)23-33(48)49/h2-7,18-20,24,27,43H,1,8-17,21-23H2,(H,41,42)(H,48,49)/t27-/m1/s1. The number of halogens is 3. The van der Waals surface area contributed by atoms with Gasteiger partial charge in [-0.3, -0.25) is 19.2 Å². The molecule has 3 N–H and O–H groups in total. The Hall–Kier alpha value is -4.51. The van der Waals surface area contributed by atoms with Crippen LogP contribution in [0.2, 0.25) is 0 Å². The van der Waals surface area contributed by atoms with Crippen molar-refractivity contribution in [3.63, 3.8) is 0 Å². The Morgan fingerprint density at radius 2 is 1.66 bits per heavy atom. The maximum absolute atomic E-state index is 15.7. The fourth-order valence-electron chi connectivity index (χ4n) is 7.59. The number of nitrogens with zero attached hydrogens (tertiary/aromatic N) is 5. The quantitative estimate of drug-likeness (QED) is 0.185. The number of hydrogen-bond acceptors (Lipinski definition) is 8. The van der Waals surface area contributed by atoms with E-state index in [1.165, 1.54) is 6.20 Å². The number of carbonyl (C=O) groups excluding carboxylic acids is 1. The van der Waals surface area contributed by atoms with Crippen molar-refractivity contribution in [3.8, 4) is 11.1 Å². The van der Waals surface area contributed by atoms with Crippen molar-refractivity contribution in [1.82, 2.24) is 24.1 Å². The number of carboxylic acids is 1. The molecule has 1 atom stereocenters.